The van der Waals surface area contributed by atoms with Gasteiger partial charge in [0.2, 0.25) is 5.91 Å². The fourth-order valence-electron chi connectivity index (χ4n) is 4.49. The Morgan fingerprint density at radius 3 is 2.78 bits per heavy atom. The summed E-state index contributed by atoms with van der Waals surface area (Å²) in [6, 6.07) is 9.00. The van der Waals surface area contributed by atoms with E-state index in [4.69, 9.17) is 4.74 Å². The van der Waals surface area contributed by atoms with Crippen LogP contribution in [0.1, 0.15) is 23.7 Å². The molecule has 2 heterocycles. The maximum atomic E-state index is 14.4. The third-order valence-corrected chi connectivity index (χ3v) is 6.07. The minimum Gasteiger partial charge on any atom is -0.455 e. The van der Waals surface area contributed by atoms with Gasteiger partial charge in [-0.05, 0) is 53.5 Å². The molecule has 6 nitrogen and oxygen atoms in total. The van der Waals surface area contributed by atoms with Crippen LogP contribution in [-0.2, 0) is 11.2 Å². The number of halogens is 2. The summed E-state index contributed by atoms with van der Waals surface area (Å²) in [7, 11) is 0. The van der Waals surface area contributed by atoms with E-state index in [1.165, 1.54) is 18.2 Å². The minimum atomic E-state index is -1.26. The molecule has 0 unspecified atom stereocenters. The van der Waals surface area contributed by atoms with Crippen molar-refractivity contribution in [3.8, 4) is 5.75 Å². The van der Waals surface area contributed by atoms with E-state index in [9.17, 15) is 23.8 Å². The van der Waals surface area contributed by atoms with Crippen molar-refractivity contribution in [2.75, 3.05) is 25.0 Å². The number of nitrogens with one attached hydrogen (secondary N) is 1. The van der Waals surface area contributed by atoms with Crippen LogP contribution in [0, 0.1) is 11.6 Å². The second kappa shape index (κ2) is 7.81. The van der Waals surface area contributed by atoms with Crippen molar-refractivity contribution in [1.29, 1.82) is 0 Å². The van der Waals surface area contributed by atoms with Gasteiger partial charge in [-0.25, -0.2) is 8.78 Å². The first-order valence-electron chi connectivity index (χ1n) is 10.4. The molecule has 0 radical (unpaired) electrons. The SMILES string of the molecule is O=C1CCc2cc([C@@H](O)CN3CC4=CC(Oc5ccccc5F)=C[C@@]4(O)C3)cc(F)c2N1. The maximum absolute atomic E-state index is 14.4. The standard InChI is InChI=1S/C24H22F2N2O4/c25-18-3-1-2-4-21(18)32-17-9-16-11-28(13-24(16,31)10-17)12-20(29)15-7-14-5-6-22(30)27-23(14)19(26)8-15/h1-4,7-10,20,29,31H,5-6,11-13H2,(H,27,30)/t20-,24+/m0/s1. The van der Waals surface area contributed by atoms with E-state index >= 15 is 0 Å². The van der Waals surface area contributed by atoms with E-state index in [-0.39, 0.29) is 36.9 Å². The number of β-amino-alcohol motifs (C(OH)–C–C–N with tert-alkyl or cyclic N) is 2. The number of nitrogens with zero attached hydrogens (tertiary/aromatic N) is 1. The van der Waals surface area contributed by atoms with Crippen LogP contribution in [0.4, 0.5) is 14.5 Å². The molecule has 1 amide bonds. The quantitative estimate of drug-likeness (QED) is 0.666. The van der Waals surface area contributed by atoms with Crippen LogP contribution in [0.25, 0.3) is 0 Å². The monoisotopic (exact) mass is 440 g/mol. The molecule has 8 heteroatoms. The molecule has 32 heavy (non-hydrogen) atoms. The number of aliphatic hydroxyl groups excluding tert-OH is 1. The maximum Gasteiger partial charge on any atom is 0.224 e. The minimum absolute atomic E-state index is 0.0806. The summed E-state index contributed by atoms with van der Waals surface area (Å²) in [5, 5.41) is 24.2. The zero-order chi connectivity index (χ0) is 22.5. The third-order valence-electron chi connectivity index (χ3n) is 6.07. The third kappa shape index (κ3) is 3.81. The molecule has 0 bridgehead atoms. The summed E-state index contributed by atoms with van der Waals surface area (Å²) in [4.78, 5) is 13.4. The van der Waals surface area contributed by atoms with Gasteiger partial charge in [0, 0.05) is 26.1 Å². The number of aryl methyl sites for hydroxylation is 1. The van der Waals surface area contributed by atoms with Gasteiger partial charge >= 0.3 is 0 Å². The molecule has 0 aromatic heterocycles. The molecule has 3 N–H and O–H groups in total. The highest BCUT2D eigenvalue weighted by Gasteiger charge is 2.43. The average Bonchev–Trinajstić information content (AvgIpc) is 3.20. The molecular weight excluding hydrogens is 418 g/mol. The Labute approximate surface area is 183 Å². The fraction of sp³-hybridized carbons (Fsp3) is 0.292. The highest BCUT2D eigenvalue weighted by atomic mass is 19.1. The molecule has 2 aromatic rings. The lowest BCUT2D eigenvalue weighted by Crippen LogP contribution is -2.33. The summed E-state index contributed by atoms with van der Waals surface area (Å²) in [5.74, 6) is -0.829. The molecule has 3 aliphatic rings. The lowest BCUT2D eigenvalue weighted by Gasteiger charge is -2.24. The van der Waals surface area contributed by atoms with Crippen LogP contribution in [0.15, 0.2) is 59.9 Å². The van der Waals surface area contributed by atoms with Crippen molar-refractivity contribution >= 4 is 11.6 Å². The molecular formula is C24H22F2N2O4. The first kappa shape index (κ1) is 20.8. The van der Waals surface area contributed by atoms with Crippen LogP contribution in [0.5, 0.6) is 5.75 Å². The first-order valence-corrected chi connectivity index (χ1v) is 10.4. The van der Waals surface area contributed by atoms with Crippen molar-refractivity contribution in [3.05, 3.63) is 82.6 Å². The second-order valence-electron chi connectivity index (χ2n) is 8.44. The Kier molecular flexibility index (Phi) is 5.08. The highest BCUT2D eigenvalue weighted by molar-refractivity contribution is 5.94. The van der Waals surface area contributed by atoms with E-state index in [0.717, 1.165) is 0 Å². The predicted octanol–water partition coefficient (Wildman–Crippen LogP) is 2.83. The molecule has 1 aliphatic carbocycles. The summed E-state index contributed by atoms with van der Waals surface area (Å²) in [6.45, 7) is 0.808. The number of anilines is 1. The molecule has 2 aromatic carbocycles. The van der Waals surface area contributed by atoms with Crippen molar-refractivity contribution in [2.24, 2.45) is 0 Å². The fourth-order valence-corrected chi connectivity index (χ4v) is 4.49. The number of allylic oxidation sites excluding steroid dienone is 1. The average molecular weight is 440 g/mol. The van der Waals surface area contributed by atoms with Crippen molar-refractivity contribution in [1.82, 2.24) is 4.90 Å². The predicted molar refractivity (Wildman–Crippen MR) is 113 cm³/mol. The lowest BCUT2D eigenvalue weighted by molar-refractivity contribution is -0.116. The Bertz CT molecular complexity index is 1160. The van der Waals surface area contributed by atoms with Gasteiger partial charge in [-0.1, -0.05) is 18.2 Å². The lowest BCUT2D eigenvalue weighted by atomic mass is 9.97. The van der Waals surface area contributed by atoms with Crippen LogP contribution >= 0.6 is 0 Å². The number of hydrogen-bond donors (Lipinski definition) is 3. The van der Waals surface area contributed by atoms with E-state index in [1.807, 2.05) is 4.90 Å². The number of likely N-dealkylation sites (tertiary alicyclic amines) is 1. The zero-order valence-electron chi connectivity index (χ0n) is 17.1. The Hall–Kier alpha value is -3.07. The summed E-state index contributed by atoms with van der Waals surface area (Å²) < 4.78 is 33.8. The summed E-state index contributed by atoms with van der Waals surface area (Å²) in [6.07, 6.45) is 2.96. The number of fused-ring (bicyclic) bond motifs is 2. The summed E-state index contributed by atoms with van der Waals surface area (Å²) in [5.41, 5.74) is 0.701. The van der Waals surface area contributed by atoms with Gasteiger partial charge < -0.3 is 20.3 Å². The Morgan fingerprint density at radius 1 is 1.19 bits per heavy atom. The molecule has 1 saturated heterocycles. The number of rotatable bonds is 5. The number of carbonyl (C=O) groups is 1. The Balaban J connectivity index is 1.26. The number of aliphatic hydroxyl groups is 2. The van der Waals surface area contributed by atoms with Crippen LogP contribution < -0.4 is 10.1 Å². The van der Waals surface area contributed by atoms with Gasteiger partial charge in [0.05, 0.1) is 11.8 Å². The molecule has 0 spiro atoms. The van der Waals surface area contributed by atoms with E-state index in [1.54, 1.807) is 30.4 Å². The van der Waals surface area contributed by atoms with E-state index in [0.29, 0.717) is 35.4 Å². The zero-order valence-corrected chi connectivity index (χ0v) is 17.1. The Morgan fingerprint density at radius 2 is 2.00 bits per heavy atom. The van der Waals surface area contributed by atoms with Gasteiger partial charge in [-0.15, -0.1) is 0 Å². The topological polar surface area (TPSA) is 82.0 Å². The number of carbonyl (C=O) groups excluding carboxylic acids is 1. The van der Waals surface area contributed by atoms with Gasteiger partial charge in [0.1, 0.15) is 17.2 Å². The number of benzene rings is 2. The molecule has 5 rings (SSSR count). The largest absolute Gasteiger partial charge is 0.455 e. The summed E-state index contributed by atoms with van der Waals surface area (Å²) >= 11 is 0. The number of amides is 1. The molecule has 1 fully saturated rings. The smallest absolute Gasteiger partial charge is 0.224 e. The molecule has 166 valence electrons. The second-order valence-corrected chi connectivity index (χ2v) is 8.44. The number of ether oxygens (including phenoxy) is 1. The van der Waals surface area contributed by atoms with Gasteiger partial charge in [-0.3, -0.25) is 9.69 Å². The number of para-hydroxylation sites is 1. The van der Waals surface area contributed by atoms with Crippen molar-refractivity contribution in [3.63, 3.8) is 0 Å². The van der Waals surface area contributed by atoms with E-state index in [2.05, 4.69) is 5.32 Å². The van der Waals surface area contributed by atoms with Gasteiger partial charge in [0.25, 0.3) is 0 Å². The molecule has 2 aliphatic heterocycles. The van der Waals surface area contributed by atoms with Crippen LogP contribution in [0.2, 0.25) is 0 Å². The highest BCUT2D eigenvalue weighted by Crippen LogP contribution is 2.37. The first-order chi connectivity index (χ1) is 15.3. The van der Waals surface area contributed by atoms with Gasteiger partial charge in [-0.2, -0.15) is 0 Å². The number of hydrogen-bond acceptors (Lipinski definition) is 5. The normalized spacial score (nSPS) is 23.2. The molecule has 0 saturated carbocycles. The molecule has 2 atom stereocenters. The van der Waals surface area contributed by atoms with Crippen LogP contribution in [0.3, 0.4) is 0 Å². The van der Waals surface area contributed by atoms with Gasteiger partial charge in [0.15, 0.2) is 11.6 Å². The van der Waals surface area contributed by atoms with E-state index < -0.39 is 23.3 Å². The van der Waals surface area contributed by atoms with Crippen molar-refractivity contribution in [2.45, 2.75) is 24.5 Å². The van der Waals surface area contributed by atoms with Crippen molar-refractivity contribution < 1.29 is 28.5 Å². The van der Waals surface area contributed by atoms with Crippen LogP contribution in [-0.4, -0.2) is 46.3 Å².